The molecular formula is C40H47F3N4O2. The van der Waals surface area contributed by atoms with Crippen LogP contribution < -0.4 is 5.32 Å². The van der Waals surface area contributed by atoms with Gasteiger partial charge in [0.15, 0.2) is 0 Å². The minimum absolute atomic E-state index is 0.0287. The van der Waals surface area contributed by atoms with Crippen molar-refractivity contribution in [2.75, 3.05) is 25.5 Å². The fourth-order valence-corrected chi connectivity index (χ4v) is 8.37. The smallest absolute Gasteiger partial charge is 0.358 e. The monoisotopic (exact) mass is 672 g/mol. The maximum Gasteiger partial charge on any atom is 0.416 e. The van der Waals surface area contributed by atoms with Gasteiger partial charge in [-0.15, -0.1) is 0 Å². The van der Waals surface area contributed by atoms with E-state index in [4.69, 9.17) is 0 Å². The van der Waals surface area contributed by atoms with E-state index in [2.05, 4.69) is 48.1 Å². The normalized spacial score (nSPS) is 20.3. The third-order valence-corrected chi connectivity index (χ3v) is 11.3. The van der Waals surface area contributed by atoms with Crippen molar-refractivity contribution in [1.29, 1.82) is 0 Å². The first-order valence-corrected chi connectivity index (χ1v) is 17.1. The van der Waals surface area contributed by atoms with Crippen LogP contribution in [0.5, 0.6) is 0 Å². The number of rotatable bonds is 8. The third kappa shape index (κ3) is 6.50. The summed E-state index contributed by atoms with van der Waals surface area (Å²) in [4.78, 5) is 36.9. The molecule has 2 fully saturated rings. The highest BCUT2D eigenvalue weighted by Crippen LogP contribution is 2.67. The van der Waals surface area contributed by atoms with Gasteiger partial charge in [-0.2, -0.15) is 13.2 Å². The maximum atomic E-state index is 14.8. The first-order valence-electron chi connectivity index (χ1n) is 17.1. The highest BCUT2D eigenvalue weighted by atomic mass is 19.4. The molecule has 1 saturated heterocycles. The Balaban J connectivity index is 1.38. The lowest BCUT2D eigenvalue weighted by molar-refractivity contribution is -0.150. The fourth-order valence-electron chi connectivity index (χ4n) is 8.37. The Morgan fingerprint density at radius 1 is 0.959 bits per heavy atom. The van der Waals surface area contributed by atoms with E-state index in [1.165, 1.54) is 17.7 Å². The Morgan fingerprint density at radius 2 is 1.57 bits per heavy atom. The van der Waals surface area contributed by atoms with Crippen molar-refractivity contribution in [2.24, 2.45) is 11.3 Å². The molecule has 1 aliphatic heterocycles. The van der Waals surface area contributed by atoms with Crippen LogP contribution in [0.3, 0.4) is 0 Å². The van der Waals surface area contributed by atoms with Gasteiger partial charge >= 0.3 is 6.18 Å². The van der Waals surface area contributed by atoms with E-state index >= 15 is 0 Å². The Morgan fingerprint density at radius 3 is 2.18 bits per heavy atom. The van der Waals surface area contributed by atoms with E-state index in [9.17, 15) is 22.8 Å². The number of hydrogen-bond donors (Lipinski definition) is 2. The molecule has 49 heavy (non-hydrogen) atoms. The fraction of sp³-hybridized carbons (Fsp3) is 0.450. The lowest BCUT2D eigenvalue weighted by Crippen LogP contribution is -2.63. The number of aromatic nitrogens is 1. The standard InChI is InChI=1S/C40H47F3N4O2/c1-24-20-25(2)36(26(3)21-24)45-37(49)39(16-18-46(7)19-17-39)47(23-28-12-14-29(15-13-28)40(41,42)43)33(48)22-31-35(38(31,5)6)34-27(4)44-32-11-9-8-10-30(32)34/h8-15,20-21,31,35,44H,16-19,22-23H2,1-7H3,(H,45,49). The molecule has 9 heteroatoms. The zero-order valence-electron chi connectivity index (χ0n) is 29.5. The second kappa shape index (κ2) is 12.7. The van der Waals surface area contributed by atoms with Crippen molar-refractivity contribution in [3.8, 4) is 0 Å². The van der Waals surface area contributed by atoms with Crippen molar-refractivity contribution in [3.63, 3.8) is 0 Å². The second-order valence-corrected chi connectivity index (χ2v) is 15.1. The van der Waals surface area contributed by atoms with Gasteiger partial charge < -0.3 is 20.1 Å². The topological polar surface area (TPSA) is 68.4 Å². The van der Waals surface area contributed by atoms with E-state index in [-0.39, 0.29) is 42.0 Å². The highest BCUT2D eigenvalue weighted by molar-refractivity contribution is 6.02. The molecule has 6 nitrogen and oxygen atoms in total. The predicted octanol–water partition coefficient (Wildman–Crippen LogP) is 8.68. The molecule has 260 valence electrons. The molecule has 1 saturated carbocycles. The van der Waals surface area contributed by atoms with E-state index < -0.39 is 17.3 Å². The molecular weight excluding hydrogens is 625 g/mol. The van der Waals surface area contributed by atoms with Gasteiger partial charge in [0.2, 0.25) is 11.8 Å². The molecule has 1 aromatic heterocycles. The minimum Gasteiger partial charge on any atom is -0.358 e. The van der Waals surface area contributed by atoms with Gasteiger partial charge in [0.05, 0.1) is 5.56 Å². The van der Waals surface area contributed by atoms with Crippen LogP contribution in [0.2, 0.25) is 0 Å². The number of H-pyrrole nitrogens is 1. The van der Waals surface area contributed by atoms with Crippen molar-refractivity contribution >= 4 is 28.4 Å². The Bertz CT molecular complexity index is 1860. The van der Waals surface area contributed by atoms with Crippen LogP contribution in [-0.4, -0.2) is 52.3 Å². The summed E-state index contributed by atoms with van der Waals surface area (Å²) in [5.74, 6) is -0.244. The number of aromatic amines is 1. The number of para-hydroxylation sites is 1. The molecule has 0 radical (unpaired) electrons. The molecule has 6 rings (SSSR count). The van der Waals surface area contributed by atoms with Gasteiger partial charge in [-0.3, -0.25) is 9.59 Å². The molecule has 3 aromatic carbocycles. The number of alkyl halides is 3. The molecule has 0 bridgehead atoms. The third-order valence-electron chi connectivity index (χ3n) is 11.3. The number of carbonyl (C=O) groups is 2. The number of piperidine rings is 1. The van der Waals surface area contributed by atoms with Crippen LogP contribution in [0.1, 0.15) is 78.1 Å². The van der Waals surface area contributed by atoms with Crippen LogP contribution in [0.25, 0.3) is 10.9 Å². The van der Waals surface area contributed by atoms with E-state index in [0.29, 0.717) is 31.5 Å². The molecule has 2 atom stereocenters. The molecule has 4 aromatic rings. The van der Waals surface area contributed by atoms with E-state index in [1.807, 2.05) is 52.1 Å². The number of amides is 2. The Labute approximate surface area is 287 Å². The molecule has 2 aliphatic rings. The van der Waals surface area contributed by atoms with E-state index in [0.717, 1.165) is 51.1 Å². The van der Waals surface area contributed by atoms with Gasteiger partial charge in [-0.25, -0.2) is 0 Å². The number of likely N-dealkylation sites (tertiary alicyclic amines) is 1. The largest absolute Gasteiger partial charge is 0.416 e. The van der Waals surface area contributed by atoms with Crippen LogP contribution >= 0.6 is 0 Å². The average Bonchev–Trinajstić information content (AvgIpc) is 3.38. The maximum absolute atomic E-state index is 14.8. The summed E-state index contributed by atoms with van der Waals surface area (Å²) in [6.07, 6.45) is -3.43. The van der Waals surface area contributed by atoms with Gasteiger partial charge in [0.1, 0.15) is 5.54 Å². The summed E-state index contributed by atoms with van der Waals surface area (Å²) in [5.41, 5.74) is 5.52. The van der Waals surface area contributed by atoms with Crippen LogP contribution in [-0.2, 0) is 22.3 Å². The molecule has 2 unspecified atom stereocenters. The van der Waals surface area contributed by atoms with Crippen LogP contribution in [0.4, 0.5) is 18.9 Å². The van der Waals surface area contributed by atoms with Crippen molar-refractivity contribution < 1.29 is 22.8 Å². The molecule has 2 amide bonds. The molecule has 1 aliphatic carbocycles. The molecule has 0 spiro atoms. The number of anilines is 1. The quantitative estimate of drug-likeness (QED) is 0.197. The van der Waals surface area contributed by atoms with E-state index in [1.54, 1.807) is 4.90 Å². The zero-order valence-corrected chi connectivity index (χ0v) is 29.5. The number of nitrogens with zero attached hydrogens (tertiary/aromatic N) is 2. The summed E-state index contributed by atoms with van der Waals surface area (Å²) >= 11 is 0. The minimum atomic E-state index is -4.47. The van der Waals surface area contributed by atoms with Gasteiger partial charge in [0, 0.05) is 48.3 Å². The van der Waals surface area contributed by atoms with Crippen LogP contribution in [0, 0.1) is 39.0 Å². The Hall–Kier alpha value is -4.11. The summed E-state index contributed by atoms with van der Waals surface area (Å²) in [6.45, 7) is 13.6. The number of halogens is 3. The Kier molecular flexibility index (Phi) is 8.97. The summed E-state index contributed by atoms with van der Waals surface area (Å²) in [6, 6.07) is 17.2. The lowest BCUT2D eigenvalue weighted by atomic mass is 9.83. The summed E-state index contributed by atoms with van der Waals surface area (Å²) in [7, 11) is 2.00. The average molecular weight is 673 g/mol. The number of hydrogen-bond acceptors (Lipinski definition) is 3. The lowest BCUT2D eigenvalue weighted by Gasteiger charge is -2.47. The van der Waals surface area contributed by atoms with Gasteiger partial charge in [-0.1, -0.05) is 61.9 Å². The number of fused-ring (bicyclic) bond motifs is 1. The number of aryl methyl sites for hydroxylation is 4. The highest BCUT2D eigenvalue weighted by Gasteiger charge is 2.60. The summed E-state index contributed by atoms with van der Waals surface area (Å²) < 4.78 is 40.4. The summed E-state index contributed by atoms with van der Waals surface area (Å²) in [5, 5.41) is 4.38. The second-order valence-electron chi connectivity index (χ2n) is 15.1. The first-order chi connectivity index (χ1) is 23.0. The molecule has 2 N–H and O–H groups in total. The molecule has 2 heterocycles. The predicted molar refractivity (Wildman–Crippen MR) is 188 cm³/mol. The van der Waals surface area contributed by atoms with Gasteiger partial charge in [-0.05, 0) is 105 Å². The van der Waals surface area contributed by atoms with Crippen molar-refractivity contribution in [1.82, 2.24) is 14.8 Å². The van der Waals surface area contributed by atoms with Crippen molar-refractivity contribution in [3.05, 3.63) is 99.7 Å². The number of benzene rings is 3. The number of carbonyl (C=O) groups excluding carboxylic acids is 2. The number of nitrogens with one attached hydrogen (secondary N) is 2. The SMILES string of the molecule is Cc1cc(C)c(NC(=O)C2(N(Cc3ccc(C(F)(F)F)cc3)C(=O)CC3C(c4c(C)[nH]c5ccccc45)C3(C)C)CCN(C)CC2)c(C)c1. The van der Waals surface area contributed by atoms with Gasteiger partial charge in [0.25, 0.3) is 0 Å². The first kappa shape index (κ1) is 34.7. The van der Waals surface area contributed by atoms with Crippen LogP contribution in [0.15, 0.2) is 60.7 Å². The zero-order chi connectivity index (χ0) is 35.5. The van der Waals surface area contributed by atoms with Crippen molar-refractivity contribution in [2.45, 2.75) is 85.0 Å².